The lowest BCUT2D eigenvalue weighted by Crippen LogP contribution is -2.28. The Morgan fingerprint density at radius 3 is 3.03 bits per heavy atom. The van der Waals surface area contributed by atoms with E-state index in [-0.39, 0.29) is 17.6 Å². The topological polar surface area (TPSA) is 75.9 Å². The molecule has 1 amide bonds. The molecule has 1 atom stereocenters. The van der Waals surface area contributed by atoms with Gasteiger partial charge < -0.3 is 10.1 Å². The number of amides is 1. The zero-order chi connectivity index (χ0) is 20.4. The Morgan fingerprint density at radius 2 is 2.28 bits per heavy atom. The second-order valence-electron chi connectivity index (χ2n) is 6.96. The van der Waals surface area contributed by atoms with Crippen molar-refractivity contribution in [1.82, 2.24) is 14.3 Å². The van der Waals surface area contributed by atoms with Gasteiger partial charge in [-0.3, -0.25) is 18.9 Å². The number of thioether (sulfide) groups is 1. The number of nitrogens with one attached hydrogen (secondary N) is 1. The number of hydrogen-bond donors (Lipinski definition) is 1. The van der Waals surface area contributed by atoms with Gasteiger partial charge in [-0.25, -0.2) is 4.98 Å². The predicted molar refractivity (Wildman–Crippen MR) is 119 cm³/mol. The summed E-state index contributed by atoms with van der Waals surface area (Å²) in [5.74, 6) is 0.293. The fourth-order valence-corrected chi connectivity index (χ4v) is 4.72. The molecule has 1 N–H and O–H groups in total. The van der Waals surface area contributed by atoms with Crippen molar-refractivity contribution in [1.29, 1.82) is 0 Å². The summed E-state index contributed by atoms with van der Waals surface area (Å²) in [6, 6.07) is 5.39. The lowest BCUT2D eigenvalue weighted by molar-refractivity contribution is -0.122. The van der Waals surface area contributed by atoms with Crippen LogP contribution >= 0.6 is 24.0 Å². The molecule has 0 bridgehead atoms. The van der Waals surface area contributed by atoms with E-state index in [0.29, 0.717) is 39.3 Å². The van der Waals surface area contributed by atoms with Crippen molar-refractivity contribution >= 4 is 51.7 Å². The van der Waals surface area contributed by atoms with Gasteiger partial charge >= 0.3 is 0 Å². The molecule has 0 aliphatic carbocycles. The first kappa shape index (κ1) is 20.1. The minimum absolute atomic E-state index is 0.0987. The highest BCUT2D eigenvalue weighted by atomic mass is 32.2. The molecule has 2 aliphatic rings. The van der Waals surface area contributed by atoms with Crippen LogP contribution < -0.4 is 10.9 Å². The van der Waals surface area contributed by atoms with Gasteiger partial charge in [0.05, 0.1) is 16.6 Å². The lowest BCUT2D eigenvalue weighted by atomic mass is 10.2. The number of thiocarbonyl (C=S) groups is 1. The fourth-order valence-electron chi connectivity index (χ4n) is 3.43. The Bertz CT molecular complexity index is 1040. The standard InChI is InChI=1S/C20H22N4O3S2/c1-2-8-24-19(26)15(29-20(24)28)11-14-17(21-12-13-6-5-10-27-13)22-16-7-3-4-9-23(16)18(14)25/h3-4,7,9,11,13,21H,2,5-6,8,10,12H2,1H3/b15-11-/t13-/m1/s1. The average Bonchev–Trinajstić information content (AvgIpc) is 3.33. The van der Waals surface area contributed by atoms with E-state index < -0.39 is 0 Å². The van der Waals surface area contributed by atoms with Gasteiger partial charge in [-0.15, -0.1) is 0 Å². The smallest absolute Gasteiger partial charge is 0.267 e. The number of ether oxygens (including phenoxy) is 1. The van der Waals surface area contributed by atoms with Gasteiger partial charge in [0.15, 0.2) is 0 Å². The van der Waals surface area contributed by atoms with Crippen LogP contribution in [0.2, 0.25) is 0 Å². The largest absolute Gasteiger partial charge is 0.376 e. The molecule has 152 valence electrons. The Hall–Kier alpha value is -2.23. The first-order chi connectivity index (χ1) is 14.1. The van der Waals surface area contributed by atoms with Gasteiger partial charge in [-0.05, 0) is 37.5 Å². The van der Waals surface area contributed by atoms with Crippen LogP contribution in [0.1, 0.15) is 31.7 Å². The van der Waals surface area contributed by atoms with E-state index in [1.54, 1.807) is 29.3 Å². The number of hydrogen-bond acceptors (Lipinski definition) is 7. The molecule has 4 rings (SSSR count). The van der Waals surface area contributed by atoms with Crippen LogP contribution in [0.4, 0.5) is 5.82 Å². The van der Waals surface area contributed by atoms with Gasteiger partial charge in [-0.2, -0.15) is 0 Å². The third-order valence-electron chi connectivity index (χ3n) is 4.89. The maximum absolute atomic E-state index is 13.2. The third-order valence-corrected chi connectivity index (χ3v) is 6.26. The van der Waals surface area contributed by atoms with Gasteiger partial charge in [-0.1, -0.05) is 37.0 Å². The molecule has 9 heteroatoms. The van der Waals surface area contributed by atoms with E-state index in [4.69, 9.17) is 17.0 Å². The highest BCUT2D eigenvalue weighted by Crippen LogP contribution is 2.33. The van der Waals surface area contributed by atoms with Crippen molar-refractivity contribution in [2.45, 2.75) is 32.3 Å². The fraction of sp³-hybridized carbons (Fsp3) is 0.400. The number of carbonyl (C=O) groups is 1. The molecule has 29 heavy (non-hydrogen) atoms. The summed E-state index contributed by atoms with van der Waals surface area (Å²) in [5.41, 5.74) is 0.665. The second kappa shape index (κ2) is 8.64. The minimum atomic E-state index is -0.230. The van der Waals surface area contributed by atoms with Crippen molar-refractivity contribution in [3.05, 3.63) is 45.2 Å². The van der Waals surface area contributed by atoms with Crippen LogP contribution in [0.5, 0.6) is 0 Å². The molecular weight excluding hydrogens is 408 g/mol. The van der Waals surface area contributed by atoms with E-state index in [2.05, 4.69) is 10.3 Å². The molecule has 2 aromatic rings. The number of aromatic nitrogens is 2. The average molecular weight is 431 g/mol. The quantitative estimate of drug-likeness (QED) is 0.558. The lowest BCUT2D eigenvalue weighted by Gasteiger charge is -2.14. The molecule has 2 saturated heterocycles. The highest BCUT2D eigenvalue weighted by molar-refractivity contribution is 8.26. The molecule has 0 aromatic carbocycles. The van der Waals surface area contributed by atoms with Crippen LogP contribution in [-0.2, 0) is 9.53 Å². The monoisotopic (exact) mass is 430 g/mol. The summed E-state index contributed by atoms with van der Waals surface area (Å²) in [7, 11) is 0. The van der Waals surface area contributed by atoms with Crippen LogP contribution in [-0.4, -0.2) is 50.3 Å². The zero-order valence-corrected chi connectivity index (χ0v) is 17.7. The maximum Gasteiger partial charge on any atom is 0.267 e. The Kier molecular flexibility index (Phi) is 5.98. The van der Waals surface area contributed by atoms with Crippen LogP contribution in [0.3, 0.4) is 0 Å². The van der Waals surface area contributed by atoms with Crippen molar-refractivity contribution in [2.75, 3.05) is 25.0 Å². The molecular formula is C20H22N4O3S2. The predicted octanol–water partition coefficient (Wildman–Crippen LogP) is 2.90. The van der Waals surface area contributed by atoms with Gasteiger partial charge in [0.25, 0.3) is 11.5 Å². The van der Waals surface area contributed by atoms with Crippen molar-refractivity contribution < 1.29 is 9.53 Å². The van der Waals surface area contributed by atoms with Gasteiger partial charge in [0.1, 0.15) is 15.8 Å². The van der Waals surface area contributed by atoms with E-state index in [9.17, 15) is 9.59 Å². The minimum Gasteiger partial charge on any atom is -0.376 e. The third kappa shape index (κ3) is 4.08. The number of rotatable bonds is 6. The first-order valence-electron chi connectivity index (χ1n) is 9.70. The Balaban J connectivity index is 1.74. The molecule has 2 aliphatic heterocycles. The molecule has 0 spiro atoms. The first-order valence-corrected chi connectivity index (χ1v) is 10.9. The summed E-state index contributed by atoms with van der Waals surface area (Å²) in [4.78, 5) is 32.6. The molecule has 2 aromatic heterocycles. The van der Waals surface area contributed by atoms with Crippen LogP contribution in [0, 0.1) is 0 Å². The van der Waals surface area contributed by atoms with E-state index in [0.717, 1.165) is 25.9 Å². The summed E-state index contributed by atoms with van der Waals surface area (Å²) < 4.78 is 7.67. The van der Waals surface area contributed by atoms with Crippen LogP contribution in [0.15, 0.2) is 34.1 Å². The van der Waals surface area contributed by atoms with Crippen LogP contribution in [0.25, 0.3) is 11.7 Å². The van der Waals surface area contributed by atoms with Crippen molar-refractivity contribution in [3.8, 4) is 0 Å². The summed E-state index contributed by atoms with van der Waals surface area (Å²) >= 11 is 6.56. The Morgan fingerprint density at radius 1 is 1.41 bits per heavy atom. The van der Waals surface area contributed by atoms with E-state index in [1.165, 1.54) is 16.2 Å². The van der Waals surface area contributed by atoms with Crippen molar-refractivity contribution in [2.24, 2.45) is 0 Å². The SMILES string of the molecule is CCCN1C(=O)/C(=C/c2c(NC[C@H]3CCCO3)nc3ccccn3c2=O)SC1=S. The number of carbonyl (C=O) groups excluding carboxylic acids is 1. The zero-order valence-electron chi connectivity index (χ0n) is 16.1. The normalized spacial score (nSPS) is 20.9. The summed E-state index contributed by atoms with van der Waals surface area (Å²) in [5, 5.41) is 3.26. The number of fused-ring (bicyclic) bond motifs is 1. The van der Waals surface area contributed by atoms with E-state index >= 15 is 0 Å². The number of anilines is 1. The van der Waals surface area contributed by atoms with Gasteiger partial charge in [0, 0.05) is 25.9 Å². The number of nitrogens with zero attached hydrogens (tertiary/aromatic N) is 3. The maximum atomic E-state index is 13.2. The summed E-state index contributed by atoms with van der Waals surface area (Å²) in [6.07, 6.45) is 6.21. The van der Waals surface area contributed by atoms with Crippen molar-refractivity contribution in [3.63, 3.8) is 0 Å². The molecule has 4 heterocycles. The highest BCUT2D eigenvalue weighted by Gasteiger charge is 2.32. The molecule has 0 unspecified atom stereocenters. The van der Waals surface area contributed by atoms with E-state index in [1.807, 2.05) is 13.0 Å². The molecule has 7 nitrogen and oxygen atoms in total. The molecule has 0 saturated carbocycles. The second-order valence-corrected chi connectivity index (χ2v) is 8.63. The summed E-state index contributed by atoms with van der Waals surface area (Å²) in [6.45, 7) is 3.89. The Labute approximate surface area is 178 Å². The number of pyridine rings is 1. The van der Waals surface area contributed by atoms with Gasteiger partial charge in [0.2, 0.25) is 0 Å². The molecule has 0 radical (unpaired) electrons. The molecule has 2 fully saturated rings.